The van der Waals surface area contributed by atoms with Crippen LogP contribution in [0, 0.1) is 0 Å². The van der Waals surface area contributed by atoms with Crippen LogP contribution in [0.25, 0.3) is 0 Å². The fraction of sp³-hybridized carbons (Fsp3) is 0.833. The predicted octanol–water partition coefficient (Wildman–Crippen LogP) is -2.36. The maximum absolute atomic E-state index is 11.2. The van der Waals surface area contributed by atoms with Crippen molar-refractivity contribution in [2.24, 2.45) is 0 Å². The number of nitrogens with one attached hydrogen (secondary N) is 1. The van der Waals surface area contributed by atoms with E-state index < -0.39 is 51.6 Å². The lowest BCUT2D eigenvalue weighted by molar-refractivity contribution is -0.136. The first-order valence-electron chi connectivity index (χ1n) is 4.22. The first-order valence-corrected chi connectivity index (χ1v) is 7.04. The van der Waals surface area contributed by atoms with Gasteiger partial charge < -0.3 is 15.0 Å². The van der Waals surface area contributed by atoms with Crippen LogP contribution in [0.15, 0.2) is 0 Å². The third-order valence-corrected chi connectivity index (χ3v) is 4.13. The third kappa shape index (κ3) is 4.14. The average molecular weight is 272 g/mol. The Morgan fingerprint density at radius 3 is 2.69 bits per heavy atom. The monoisotopic (exact) mass is 272 g/mol. The number of hydrogen-bond donors (Lipinski definition) is 2. The molecule has 0 amide bonds. The molecule has 8 nitrogen and oxygen atoms in total. The minimum Gasteiger partial charge on any atom is -0.750 e. The highest BCUT2D eigenvalue weighted by molar-refractivity contribution is 7.91. The highest BCUT2D eigenvalue weighted by Gasteiger charge is 2.38. The Bertz CT molecular complexity index is 392. The van der Waals surface area contributed by atoms with E-state index in [1.165, 1.54) is 0 Å². The summed E-state index contributed by atoms with van der Waals surface area (Å²) in [6, 6.07) is -0.820. The summed E-state index contributed by atoms with van der Waals surface area (Å²) in [4.78, 5) is 10.3. The molecule has 10 heteroatoms. The van der Waals surface area contributed by atoms with Gasteiger partial charge in [-0.15, -0.1) is 0 Å². The molecule has 3 unspecified atom stereocenters. The largest absolute Gasteiger partial charge is 0.750 e. The third-order valence-electron chi connectivity index (χ3n) is 2.02. The van der Waals surface area contributed by atoms with Gasteiger partial charge in [-0.25, -0.2) is 12.6 Å². The van der Waals surface area contributed by atoms with Crippen molar-refractivity contribution in [2.75, 3.05) is 18.1 Å². The second kappa shape index (κ2) is 5.19. The van der Waals surface area contributed by atoms with Gasteiger partial charge in [-0.2, -0.15) is 0 Å². The molecule has 0 aromatic carbocycles. The number of carboxylic acid groups (broad SMARTS) is 1. The minimum absolute atomic E-state index is 0.331. The Balaban J connectivity index is 2.64. The fourth-order valence-electron chi connectivity index (χ4n) is 1.42. The molecule has 94 valence electrons. The molecule has 0 aromatic rings. The second-order valence-corrected chi connectivity index (χ2v) is 6.05. The molecule has 16 heavy (non-hydrogen) atoms. The topological polar surface area (TPSA) is 133 Å². The molecular weight excluding hydrogens is 262 g/mol. The number of carbonyl (C=O) groups is 1. The molecule has 1 heterocycles. The molecule has 0 aliphatic carbocycles. The van der Waals surface area contributed by atoms with E-state index in [4.69, 9.17) is 5.11 Å². The number of aliphatic carboxylic acids is 1. The Morgan fingerprint density at radius 2 is 2.19 bits per heavy atom. The first kappa shape index (κ1) is 13.5. The number of carboxylic acids is 1. The molecule has 1 fully saturated rings. The van der Waals surface area contributed by atoms with Gasteiger partial charge in [-0.1, -0.05) is 0 Å². The lowest BCUT2D eigenvalue weighted by atomic mass is 10.2. The lowest BCUT2D eigenvalue weighted by Crippen LogP contribution is -2.43. The zero-order valence-electron chi connectivity index (χ0n) is 7.99. The molecule has 0 aromatic heterocycles. The van der Waals surface area contributed by atoms with Crippen LogP contribution in [0.1, 0.15) is 0 Å². The van der Waals surface area contributed by atoms with Crippen LogP contribution in [0.5, 0.6) is 0 Å². The normalized spacial score (nSPS) is 30.1. The zero-order valence-corrected chi connectivity index (χ0v) is 9.62. The van der Waals surface area contributed by atoms with Crippen molar-refractivity contribution in [3.05, 3.63) is 0 Å². The second-order valence-electron chi connectivity index (χ2n) is 3.30. The Hall–Kier alpha value is -0.550. The van der Waals surface area contributed by atoms with Crippen LogP contribution in [-0.4, -0.2) is 58.5 Å². The van der Waals surface area contributed by atoms with Gasteiger partial charge in [0.1, 0.15) is 6.10 Å². The van der Waals surface area contributed by atoms with E-state index >= 15 is 0 Å². The molecule has 1 aliphatic heterocycles. The first-order chi connectivity index (χ1) is 7.30. The Labute approximate surface area is 94.4 Å². The molecule has 0 radical (unpaired) electrons. The quantitative estimate of drug-likeness (QED) is 0.531. The fourth-order valence-corrected chi connectivity index (χ4v) is 3.73. The van der Waals surface area contributed by atoms with E-state index in [1.807, 2.05) is 0 Å². The molecule has 1 aliphatic rings. The van der Waals surface area contributed by atoms with E-state index in [2.05, 4.69) is 9.50 Å². The van der Waals surface area contributed by atoms with E-state index in [-0.39, 0.29) is 5.75 Å². The van der Waals surface area contributed by atoms with E-state index in [1.54, 1.807) is 0 Å². The van der Waals surface area contributed by atoms with Crippen molar-refractivity contribution in [3.63, 3.8) is 0 Å². The van der Waals surface area contributed by atoms with Crippen LogP contribution >= 0.6 is 0 Å². The molecular formula is C6H10NO7S2-. The molecule has 1 rings (SSSR count). The zero-order chi connectivity index (χ0) is 12.3. The molecule has 0 saturated carbocycles. The summed E-state index contributed by atoms with van der Waals surface area (Å²) in [5, 5.41) is 10.8. The van der Waals surface area contributed by atoms with Gasteiger partial charge >= 0.3 is 5.97 Å². The minimum atomic E-state index is -3.39. The highest BCUT2D eigenvalue weighted by atomic mass is 32.2. The molecule has 2 N–H and O–H groups in total. The van der Waals surface area contributed by atoms with E-state index in [0.717, 1.165) is 0 Å². The Morgan fingerprint density at radius 1 is 1.56 bits per heavy atom. The number of rotatable bonds is 5. The van der Waals surface area contributed by atoms with Crippen molar-refractivity contribution < 1.29 is 31.3 Å². The van der Waals surface area contributed by atoms with Gasteiger partial charge in [-0.05, 0) is 0 Å². The van der Waals surface area contributed by atoms with Gasteiger partial charge in [0.2, 0.25) is 0 Å². The number of sulfone groups is 1. The van der Waals surface area contributed by atoms with Crippen molar-refractivity contribution in [1.29, 1.82) is 0 Å². The van der Waals surface area contributed by atoms with Gasteiger partial charge in [-0.3, -0.25) is 8.98 Å². The molecule has 0 spiro atoms. The standard InChI is InChI=1S/C6H11NO7S2/c8-6(9)1-7-4-2-16(12,13)3-5(4)14-15(10)11/h4-5,7H,1-3H2,(H,8,9)(H,10,11)/p-1. The summed E-state index contributed by atoms with van der Waals surface area (Å²) in [6.07, 6.45) is -1.07. The maximum Gasteiger partial charge on any atom is 0.317 e. The van der Waals surface area contributed by atoms with Gasteiger partial charge in [0, 0.05) is 6.04 Å². The summed E-state index contributed by atoms with van der Waals surface area (Å²) in [6.45, 7) is -0.453. The van der Waals surface area contributed by atoms with Crippen molar-refractivity contribution in [3.8, 4) is 0 Å². The number of hydrogen-bond acceptors (Lipinski definition) is 7. The summed E-state index contributed by atoms with van der Waals surface area (Å²) in [5.41, 5.74) is 0. The van der Waals surface area contributed by atoms with Crippen LogP contribution in [0.3, 0.4) is 0 Å². The van der Waals surface area contributed by atoms with Crippen LogP contribution in [0.4, 0.5) is 0 Å². The lowest BCUT2D eigenvalue weighted by Gasteiger charge is -2.19. The highest BCUT2D eigenvalue weighted by Crippen LogP contribution is 2.16. The molecule has 0 bridgehead atoms. The van der Waals surface area contributed by atoms with Crippen LogP contribution < -0.4 is 5.32 Å². The van der Waals surface area contributed by atoms with Crippen LogP contribution in [-0.2, 0) is 30.2 Å². The smallest absolute Gasteiger partial charge is 0.317 e. The Kier molecular flexibility index (Phi) is 4.38. The SMILES string of the molecule is O=C(O)CNC1CS(=O)(=O)CC1OS(=O)[O-]. The summed E-state index contributed by atoms with van der Waals surface area (Å²) in [5.74, 6) is -1.92. The van der Waals surface area contributed by atoms with Crippen molar-refractivity contribution >= 4 is 27.2 Å². The van der Waals surface area contributed by atoms with Gasteiger partial charge in [0.25, 0.3) is 0 Å². The maximum atomic E-state index is 11.2. The van der Waals surface area contributed by atoms with Gasteiger partial charge in [0.05, 0.1) is 29.4 Å². The van der Waals surface area contributed by atoms with E-state index in [9.17, 15) is 22.0 Å². The van der Waals surface area contributed by atoms with E-state index in [0.29, 0.717) is 0 Å². The summed E-state index contributed by atoms with van der Waals surface area (Å²) in [7, 11) is -3.39. The van der Waals surface area contributed by atoms with Crippen LogP contribution in [0.2, 0.25) is 0 Å². The van der Waals surface area contributed by atoms with Crippen molar-refractivity contribution in [1.82, 2.24) is 5.32 Å². The summed E-state index contributed by atoms with van der Waals surface area (Å²) < 4.78 is 47.4. The molecule has 3 atom stereocenters. The average Bonchev–Trinajstić information content (AvgIpc) is 2.36. The summed E-state index contributed by atoms with van der Waals surface area (Å²) >= 11 is -2.83. The van der Waals surface area contributed by atoms with Gasteiger partial charge in [0.15, 0.2) is 9.84 Å². The molecule has 1 saturated heterocycles. The predicted molar refractivity (Wildman–Crippen MR) is 51.9 cm³/mol. The van der Waals surface area contributed by atoms with Crippen molar-refractivity contribution in [2.45, 2.75) is 12.1 Å².